The topological polar surface area (TPSA) is 25.2 Å². The van der Waals surface area contributed by atoms with Crippen LogP contribution in [0.3, 0.4) is 0 Å². The lowest BCUT2D eigenvalue weighted by molar-refractivity contribution is 0.486. The predicted octanol–water partition coefficient (Wildman–Crippen LogP) is 4.57. The molecule has 1 heterocycles. The molecule has 0 aliphatic rings. The van der Waals surface area contributed by atoms with E-state index in [4.69, 9.17) is 39.2 Å². The molecule has 1 N–H and O–H groups in total. The van der Waals surface area contributed by atoms with Gasteiger partial charge in [0.15, 0.2) is 5.22 Å². The Morgan fingerprint density at radius 3 is 2.56 bits per heavy atom. The third-order valence-corrected chi connectivity index (χ3v) is 3.30. The second-order valence-corrected chi connectivity index (χ2v) is 5.08. The molecule has 18 heavy (non-hydrogen) atoms. The summed E-state index contributed by atoms with van der Waals surface area (Å²) in [6.45, 7) is 1.46. The Labute approximate surface area is 121 Å². The second-order valence-electron chi connectivity index (χ2n) is 3.87. The largest absolute Gasteiger partial charge is 0.448 e. The Morgan fingerprint density at radius 2 is 1.89 bits per heavy atom. The fourth-order valence-electron chi connectivity index (χ4n) is 1.61. The van der Waals surface area contributed by atoms with Crippen molar-refractivity contribution in [3.05, 3.63) is 56.9 Å². The van der Waals surface area contributed by atoms with E-state index in [2.05, 4.69) is 5.32 Å². The molecule has 0 bridgehead atoms. The summed E-state index contributed by atoms with van der Waals surface area (Å²) in [7, 11) is 0. The molecule has 2 aromatic rings. The van der Waals surface area contributed by atoms with Crippen molar-refractivity contribution in [3.8, 4) is 0 Å². The van der Waals surface area contributed by atoms with Gasteiger partial charge < -0.3 is 9.73 Å². The number of nitrogens with one attached hydrogen (secondary N) is 1. The van der Waals surface area contributed by atoms with Gasteiger partial charge in [0.2, 0.25) is 0 Å². The van der Waals surface area contributed by atoms with E-state index < -0.39 is 0 Å². The van der Waals surface area contributed by atoms with Crippen molar-refractivity contribution in [2.75, 3.05) is 6.54 Å². The van der Waals surface area contributed by atoms with Gasteiger partial charge >= 0.3 is 0 Å². The highest BCUT2D eigenvalue weighted by atomic mass is 35.5. The zero-order valence-corrected chi connectivity index (χ0v) is 11.8. The summed E-state index contributed by atoms with van der Waals surface area (Å²) in [5.74, 6) is 0.821. The lowest BCUT2D eigenvalue weighted by Crippen LogP contribution is -2.16. The van der Waals surface area contributed by atoms with Gasteiger partial charge in [-0.25, -0.2) is 0 Å². The van der Waals surface area contributed by atoms with Gasteiger partial charge in [0.05, 0.1) is 6.54 Å². The molecule has 0 aliphatic heterocycles. The molecule has 0 fully saturated rings. The molecule has 1 aromatic heterocycles. The van der Waals surface area contributed by atoms with Crippen molar-refractivity contribution in [1.29, 1.82) is 0 Å². The zero-order valence-electron chi connectivity index (χ0n) is 9.55. The van der Waals surface area contributed by atoms with E-state index in [9.17, 15) is 0 Å². The highest BCUT2D eigenvalue weighted by molar-refractivity contribution is 6.35. The summed E-state index contributed by atoms with van der Waals surface area (Å²) >= 11 is 17.6. The van der Waals surface area contributed by atoms with E-state index in [1.807, 2.05) is 18.2 Å². The molecule has 2 nitrogen and oxygen atoms in total. The SMILES string of the molecule is Clc1ccc(CCNCc2ccc(Cl)o2)c(Cl)c1. The van der Waals surface area contributed by atoms with Crippen LogP contribution >= 0.6 is 34.8 Å². The minimum absolute atomic E-state index is 0.410. The van der Waals surface area contributed by atoms with Crippen LogP contribution < -0.4 is 5.32 Å². The molecule has 0 unspecified atom stereocenters. The number of halogens is 3. The van der Waals surface area contributed by atoms with Gasteiger partial charge in [-0.1, -0.05) is 29.3 Å². The zero-order chi connectivity index (χ0) is 13.0. The third-order valence-electron chi connectivity index (χ3n) is 2.51. The van der Waals surface area contributed by atoms with Gasteiger partial charge in [0.25, 0.3) is 0 Å². The minimum atomic E-state index is 0.410. The van der Waals surface area contributed by atoms with Crippen LogP contribution in [0.5, 0.6) is 0 Å². The van der Waals surface area contributed by atoms with Crippen LogP contribution in [0.2, 0.25) is 15.3 Å². The second kappa shape index (κ2) is 6.48. The van der Waals surface area contributed by atoms with Gasteiger partial charge in [-0.3, -0.25) is 0 Å². The fourth-order valence-corrected chi connectivity index (χ4v) is 2.27. The molecular formula is C13H12Cl3NO. The smallest absolute Gasteiger partial charge is 0.193 e. The monoisotopic (exact) mass is 303 g/mol. The third kappa shape index (κ3) is 3.92. The van der Waals surface area contributed by atoms with Gasteiger partial charge in [-0.15, -0.1) is 0 Å². The van der Waals surface area contributed by atoms with Crippen molar-refractivity contribution in [1.82, 2.24) is 5.32 Å². The van der Waals surface area contributed by atoms with Gasteiger partial charge in [0.1, 0.15) is 5.76 Å². The number of benzene rings is 1. The Hall–Kier alpha value is -0.670. The normalized spacial score (nSPS) is 10.8. The van der Waals surface area contributed by atoms with Crippen LogP contribution in [0.25, 0.3) is 0 Å². The van der Waals surface area contributed by atoms with Crippen LogP contribution in [0.1, 0.15) is 11.3 Å². The molecule has 1 aromatic carbocycles. The quantitative estimate of drug-likeness (QED) is 0.818. The maximum absolute atomic E-state index is 6.08. The summed E-state index contributed by atoms with van der Waals surface area (Å²) in [6, 6.07) is 9.12. The van der Waals surface area contributed by atoms with Crippen molar-refractivity contribution < 1.29 is 4.42 Å². The van der Waals surface area contributed by atoms with Crippen LogP contribution in [-0.4, -0.2) is 6.54 Å². The molecule has 0 radical (unpaired) electrons. The summed E-state index contributed by atoms with van der Waals surface area (Å²) in [4.78, 5) is 0. The van der Waals surface area contributed by atoms with Crippen molar-refractivity contribution in [2.24, 2.45) is 0 Å². The molecule has 0 spiro atoms. The Kier molecular flexibility index (Phi) is 4.95. The van der Waals surface area contributed by atoms with Crippen molar-refractivity contribution >= 4 is 34.8 Å². The van der Waals surface area contributed by atoms with E-state index >= 15 is 0 Å². The molecule has 0 saturated carbocycles. The van der Waals surface area contributed by atoms with Crippen LogP contribution in [0, 0.1) is 0 Å². The van der Waals surface area contributed by atoms with Crippen LogP contribution in [0.15, 0.2) is 34.7 Å². The molecule has 0 amide bonds. The number of furan rings is 1. The van der Waals surface area contributed by atoms with Gasteiger partial charge in [0, 0.05) is 10.0 Å². The van der Waals surface area contributed by atoms with Gasteiger partial charge in [-0.05, 0) is 54.4 Å². The number of hydrogen-bond acceptors (Lipinski definition) is 2. The van der Waals surface area contributed by atoms with E-state index in [0.717, 1.165) is 24.3 Å². The van der Waals surface area contributed by atoms with E-state index in [1.54, 1.807) is 12.1 Å². The average Bonchev–Trinajstić information content (AvgIpc) is 2.73. The first-order valence-electron chi connectivity index (χ1n) is 5.54. The maximum Gasteiger partial charge on any atom is 0.193 e. The molecular weight excluding hydrogens is 293 g/mol. The predicted molar refractivity (Wildman–Crippen MR) is 75.6 cm³/mol. The minimum Gasteiger partial charge on any atom is -0.448 e. The Morgan fingerprint density at radius 1 is 1.06 bits per heavy atom. The fraction of sp³-hybridized carbons (Fsp3) is 0.231. The average molecular weight is 305 g/mol. The van der Waals surface area contributed by atoms with Crippen molar-refractivity contribution in [3.63, 3.8) is 0 Å². The molecule has 5 heteroatoms. The summed E-state index contributed by atoms with van der Waals surface area (Å²) in [5, 5.41) is 5.03. The van der Waals surface area contributed by atoms with Gasteiger partial charge in [-0.2, -0.15) is 0 Å². The Balaban J connectivity index is 1.78. The lowest BCUT2D eigenvalue weighted by atomic mass is 10.1. The number of hydrogen-bond donors (Lipinski definition) is 1. The highest BCUT2D eigenvalue weighted by Crippen LogP contribution is 2.21. The lowest BCUT2D eigenvalue weighted by Gasteiger charge is -2.05. The first-order chi connectivity index (χ1) is 8.65. The Bertz CT molecular complexity index is 525. The van der Waals surface area contributed by atoms with E-state index in [-0.39, 0.29) is 0 Å². The van der Waals surface area contributed by atoms with E-state index in [1.165, 1.54) is 0 Å². The molecule has 96 valence electrons. The van der Waals surface area contributed by atoms with Crippen LogP contribution in [-0.2, 0) is 13.0 Å². The molecule has 0 aliphatic carbocycles. The van der Waals surface area contributed by atoms with Crippen LogP contribution in [0.4, 0.5) is 0 Å². The highest BCUT2D eigenvalue weighted by Gasteiger charge is 2.02. The first-order valence-corrected chi connectivity index (χ1v) is 6.67. The summed E-state index contributed by atoms with van der Waals surface area (Å²) < 4.78 is 5.23. The standard InChI is InChI=1S/C13H12Cl3NO/c14-10-2-1-9(12(15)7-10)5-6-17-8-11-3-4-13(16)18-11/h1-4,7,17H,5-6,8H2. The number of rotatable bonds is 5. The van der Waals surface area contributed by atoms with E-state index in [0.29, 0.717) is 21.8 Å². The first kappa shape index (κ1) is 13.8. The summed E-state index contributed by atoms with van der Waals surface area (Å²) in [6.07, 6.45) is 0.838. The summed E-state index contributed by atoms with van der Waals surface area (Å²) in [5.41, 5.74) is 1.08. The molecule has 0 atom stereocenters. The van der Waals surface area contributed by atoms with Crippen molar-refractivity contribution in [2.45, 2.75) is 13.0 Å². The molecule has 2 rings (SSSR count). The molecule has 0 saturated heterocycles. The maximum atomic E-state index is 6.08.